The predicted molar refractivity (Wildman–Crippen MR) is 96.5 cm³/mol. The molecule has 1 aliphatic heterocycles. The van der Waals surface area contributed by atoms with Crippen LogP contribution >= 0.6 is 0 Å². The van der Waals surface area contributed by atoms with E-state index in [0.29, 0.717) is 5.92 Å². The zero-order valence-electron chi connectivity index (χ0n) is 14.6. The Morgan fingerprint density at radius 2 is 2.08 bits per heavy atom. The van der Waals surface area contributed by atoms with E-state index in [1.165, 1.54) is 12.0 Å². The molecule has 3 heterocycles. The molecule has 1 atom stereocenters. The van der Waals surface area contributed by atoms with Gasteiger partial charge >= 0.3 is 0 Å². The molecule has 3 aromatic rings. The van der Waals surface area contributed by atoms with E-state index in [2.05, 4.69) is 50.4 Å². The summed E-state index contributed by atoms with van der Waals surface area (Å²) < 4.78 is 4.23. The number of benzene rings is 1. The Balaban J connectivity index is 1.31. The fourth-order valence-electron chi connectivity index (χ4n) is 3.47. The van der Waals surface area contributed by atoms with Crippen LogP contribution in [0.1, 0.15) is 30.6 Å². The van der Waals surface area contributed by atoms with Crippen molar-refractivity contribution >= 4 is 0 Å². The highest BCUT2D eigenvalue weighted by atomic mass is 15.3. The van der Waals surface area contributed by atoms with Crippen LogP contribution in [0.3, 0.4) is 0 Å². The Morgan fingerprint density at radius 1 is 1.20 bits per heavy atom. The molecule has 4 rings (SSSR count). The Kier molecular flexibility index (Phi) is 4.61. The molecule has 0 amide bonds. The smallest absolute Gasteiger partial charge is 0.133 e. The van der Waals surface area contributed by atoms with Crippen molar-refractivity contribution in [1.29, 1.82) is 0 Å². The van der Waals surface area contributed by atoms with Crippen molar-refractivity contribution in [1.82, 2.24) is 29.9 Å². The fourth-order valence-corrected chi connectivity index (χ4v) is 3.47. The quantitative estimate of drug-likeness (QED) is 0.751. The second-order valence-electron chi connectivity index (χ2n) is 6.66. The minimum Gasteiger partial charge on any atom is -0.315 e. The largest absolute Gasteiger partial charge is 0.315 e. The number of aromatic nitrogens is 5. The van der Waals surface area contributed by atoms with Gasteiger partial charge in [0, 0.05) is 37.7 Å². The SMILES string of the molecule is CCc1nnc2n1C[C@@H](CNCc1cnn(-c3ccccc3)c1)CC2. The van der Waals surface area contributed by atoms with Crippen molar-refractivity contribution in [2.24, 2.45) is 5.92 Å². The van der Waals surface area contributed by atoms with Gasteiger partial charge in [-0.3, -0.25) is 0 Å². The third-order valence-electron chi connectivity index (χ3n) is 4.86. The summed E-state index contributed by atoms with van der Waals surface area (Å²) in [6.45, 7) is 5.03. The molecule has 130 valence electrons. The number of nitrogens with zero attached hydrogens (tertiary/aromatic N) is 5. The van der Waals surface area contributed by atoms with Crippen LogP contribution in [0.2, 0.25) is 0 Å². The maximum absolute atomic E-state index is 4.45. The number of nitrogens with one attached hydrogen (secondary N) is 1. The highest BCUT2D eigenvalue weighted by Crippen LogP contribution is 2.20. The first-order valence-electron chi connectivity index (χ1n) is 9.04. The van der Waals surface area contributed by atoms with Crippen LogP contribution in [-0.2, 0) is 25.9 Å². The second-order valence-corrected chi connectivity index (χ2v) is 6.66. The van der Waals surface area contributed by atoms with Crippen LogP contribution in [0.15, 0.2) is 42.7 Å². The highest BCUT2D eigenvalue weighted by Gasteiger charge is 2.21. The molecule has 0 unspecified atom stereocenters. The molecular formula is C19H24N6. The summed E-state index contributed by atoms with van der Waals surface area (Å²) in [5.41, 5.74) is 2.30. The lowest BCUT2D eigenvalue weighted by Gasteiger charge is -2.24. The average molecular weight is 336 g/mol. The number of rotatable bonds is 6. The average Bonchev–Trinajstić information content (AvgIpc) is 3.29. The van der Waals surface area contributed by atoms with E-state index in [1.54, 1.807) is 0 Å². The zero-order valence-corrected chi connectivity index (χ0v) is 14.6. The molecule has 0 fully saturated rings. The van der Waals surface area contributed by atoms with Crippen molar-refractivity contribution in [3.8, 4) is 5.69 Å². The van der Waals surface area contributed by atoms with Gasteiger partial charge in [0.25, 0.3) is 0 Å². The first-order chi connectivity index (χ1) is 12.3. The van der Waals surface area contributed by atoms with E-state index in [1.807, 2.05) is 29.1 Å². The molecule has 1 aliphatic rings. The van der Waals surface area contributed by atoms with Gasteiger partial charge in [0.05, 0.1) is 11.9 Å². The normalized spacial score (nSPS) is 16.8. The Labute approximate surface area is 147 Å². The summed E-state index contributed by atoms with van der Waals surface area (Å²) >= 11 is 0. The van der Waals surface area contributed by atoms with E-state index in [-0.39, 0.29) is 0 Å². The summed E-state index contributed by atoms with van der Waals surface area (Å²) in [6.07, 6.45) is 7.19. The minimum absolute atomic E-state index is 0.637. The van der Waals surface area contributed by atoms with Crippen molar-refractivity contribution in [3.63, 3.8) is 0 Å². The first-order valence-corrected chi connectivity index (χ1v) is 9.04. The van der Waals surface area contributed by atoms with Gasteiger partial charge in [-0.05, 0) is 31.0 Å². The predicted octanol–water partition coefficient (Wildman–Crippen LogP) is 2.38. The number of aryl methyl sites for hydroxylation is 2. The summed E-state index contributed by atoms with van der Waals surface area (Å²) in [4.78, 5) is 0. The van der Waals surface area contributed by atoms with Crippen LogP contribution in [0.25, 0.3) is 5.69 Å². The van der Waals surface area contributed by atoms with Gasteiger partial charge in [-0.1, -0.05) is 25.1 Å². The molecule has 0 bridgehead atoms. The fraction of sp³-hybridized carbons (Fsp3) is 0.421. The zero-order chi connectivity index (χ0) is 17.1. The van der Waals surface area contributed by atoms with Gasteiger partial charge in [-0.25, -0.2) is 4.68 Å². The topological polar surface area (TPSA) is 60.6 Å². The Bertz CT molecular complexity index is 806. The molecule has 0 saturated carbocycles. The standard InChI is InChI=1S/C19H24N6/c1-2-18-22-23-19-9-8-15(13-24(18)19)10-20-11-16-12-21-25(14-16)17-6-4-3-5-7-17/h3-7,12,14-15,20H,2,8-11,13H2,1H3/t15-/m1/s1. The van der Waals surface area contributed by atoms with Gasteiger partial charge in [-0.15, -0.1) is 10.2 Å². The molecular weight excluding hydrogens is 312 g/mol. The minimum atomic E-state index is 0.637. The van der Waals surface area contributed by atoms with E-state index >= 15 is 0 Å². The molecule has 0 aliphatic carbocycles. The summed E-state index contributed by atoms with van der Waals surface area (Å²) in [5.74, 6) is 2.90. The van der Waals surface area contributed by atoms with Crippen LogP contribution in [0.4, 0.5) is 0 Å². The van der Waals surface area contributed by atoms with Crippen LogP contribution in [0.5, 0.6) is 0 Å². The van der Waals surface area contributed by atoms with Crippen LogP contribution in [-0.4, -0.2) is 31.1 Å². The third kappa shape index (κ3) is 3.49. The number of para-hydroxylation sites is 1. The molecule has 2 aromatic heterocycles. The van der Waals surface area contributed by atoms with Crippen LogP contribution < -0.4 is 5.32 Å². The second kappa shape index (κ2) is 7.19. The molecule has 0 saturated heterocycles. The van der Waals surface area contributed by atoms with Crippen molar-refractivity contribution < 1.29 is 0 Å². The first kappa shape index (κ1) is 16.0. The van der Waals surface area contributed by atoms with E-state index in [4.69, 9.17) is 0 Å². The summed E-state index contributed by atoms with van der Waals surface area (Å²) in [7, 11) is 0. The third-order valence-corrected chi connectivity index (χ3v) is 4.86. The molecule has 0 spiro atoms. The molecule has 0 radical (unpaired) electrons. The van der Waals surface area contributed by atoms with E-state index in [0.717, 1.165) is 49.8 Å². The van der Waals surface area contributed by atoms with Crippen molar-refractivity contribution in [3.05, 3.63) is 59.9 Å². The van der Waals surface area contributed by atoms with Gasteiger partial charge < -0.3 is 9.88 Å². The van der Waals surface area contributed by atoms with Gasteiger partial charge in [-0.2, -0.15) is 5.10 Å². The maximum atomic E-state index is 4.45. The molecule has 1 N–H and O–H groups in total. The lowest BCUT2D eigenvalue weighted by molar-refractivity contribution is 0.342. The molecule has 6 nitrogen and oxygen atoms in total. The van der Waals surface area contributed by atoms with Gasteiger partial charge in [0.2, 0.25) is 0 Å². The molecule has 6 heteroatoms. The lowest BCUT2D eigenvalue weighted by Crippen LogP contribution is -2.30. The van der Waals surface area contributed by atoms with Crippen molar-refractivity contribution in [2.75, 3.05) is 6.54 Å². The lowest BCUT2D eigenvalue weighted by atomic mass is 9.99. The molecule has 25 heavy (non-hydrogen) atoms. The Morgan fingerprint density at radius 3 is 2.92 bits per heavy atom. The summed E-state index contributed by atoms with van der Waals surface area (Å²) in [6, 6.07) is 10.2. The number of fused-ring (bicyclic) bond motifs is 1. The van der Waals surface area contributed by atoms with Crippen molar-refractivity contribution in [2.45, 2.75) is 39.3 Å². The van der Waals surface area contributed by atoms with Gasteiger partial charge in [0.15, 0.2) is 0 Å². The Hall–Kier alpha value is -2.47. The maximum Gasteiger partial charge on any atom is 0.133 e. The highest BCUT2D eigenvalue weighted by molar-refractivity contribution is 5.30. The van der Waals surface area contributed by atoms with E-state index in [9.17, 15) is 0 Å². The van der Waals surface area contributed by atoms with Crippen LogP contribution in [0, 0.1) is 5.92 Å². The number of hydrogen-bond acceptors (Lipinski definition) is 4. The van der Waals surface area contributed by atoms with E-state index < -0.39 is 0 Å². The van der Waals surface area contributed by atoms with Gasteiger partial charge in [0.1, 0.15) is 11.6 Å². The number of hydrogen-bond donors (Lipinski definition) is 1. The summed E-state index contributed by atoms with van der Waals surface area (Å²) in [5, 5.41) is 16.6. The monoisotopic (exact) mass is 336 g/mol. The molecule has 1 aromatic carbocycles.